The van der Waals surface area contributed by atoms with E-state index in [2.05, 4.69) is 28.5 Å². The second-order valence-electron chi connectivity index (χ2n) is 4.76. The van der Waals surface area contributed by atoms with E-state index in [-0.39, 0.29) is 0 Å². The zero-order chi connectivity index (χ0) is 11.5. The number of aryl methyl sites for hydroxylation is 2. The average molecular weight is 219 g/mol. The summed E-state index contributed by atoms with van der Waals surface area (Å²) < 4.78 is 0. The molecule has 1 fully saturated rings. The second kappa shape index (κ2) is 4.91. The van der Waals surface area contributed by atoms with E-state index in [1.807, 2.05) is 14.0 Å². The Bertz CT molecular complexity index is 358. The molecule has 1 heterocycles. The van der Waals surface area contributed by atoms with Gasteiger partial charge in [0.15, 0.2) is 0 Å². The molecule has 0 aromatic carbocycles. The number of hydrogen-bond donors (Lipinski definition) is 1. The Morgan fingerprint density at radius 1 is 1.44 bits per heavy atom. The van der Waals surface area contributed by atoms with Gasteiger partial charge < -0.3 is 5.32 Å². The number of nitrogens with zero attached hydrogens (tertiary/aromatic N) is 2. The Kier molecular flexibility index (Phi) is 3.54. The summed E-state index contributed by atoms with van der Waals surface area (Å²) in [6.07, 6.45) is 5.01. The van der Waals surface area contributed by atoms with Crippen molar-refractivity contribution in [3.8, 4) is 0 Å². The van der Waals surface area contributed by atoms with Gasteiger partial charge in [0.1, 0.15) is 0 Å². The summed E-state index contributed by atoms with van der Waals surface area (Å²) in [6.45, 7) is 4.16. The Balaban J connectivity index is 2.23. The SMILES string of the molecule is CCc1nnc(C)cc1C(CC1CC1)NC. The van der Waals surface area contributed by atoms with Crippen molar-refractivity contribution < 1.29 is 0 Å². The van der Waals surface area contributed by atoms with E-state index in [1.165, 1.54) is 24.8 Å². The Morgan fingerprint density at radius 3 is 2.75 bits per heavy atom. The molecular weight excluding hydrogens is 198 g/mol. The van der Waals surface area contributed by atoms with Crippen molar-refractivity contribution >= 4 is 0 Å². The molecule has 1 saturated carbocycles. The van der Waals surface area contributed by atoms with Gasteiger partial charge in [-0.05, 0) is 44.4 Å². The van der Waals surface area contributed by atoms with Gasteiger partial charge in [0.2, 0.25) is 0 Å². The molecule has 2 rings (SSSR count). The van der Waals surface area contributed by atoms with Gasteiger partial charge in [0.25, 0.3) is 0 Å². The lowest BCUT2D eigenvalue weighted by Gasteiger charge is -2.18. The van der Waals surface area contributed by atoms with Crippen molar-refractivity contribution in [3.05, 3.63) is 23.0 Å². The number of rotatable bonds is 5. The van der Waals surface area contributed by atoms with Crippen molar-refractivity contribution in [1.82, 2.24) is 15.5 Å². The highest BCUT2D eigenvalue weighted by Crippen LogP contribution is 2.38. The maximum atomic E-state index is 4.30. The van der Waals surface area contributed by atoms with Crippen LogP contribution in [0.3, 0.4) is 0 Å². The Hall–Kier alpha value is -0.960. The lowest BCUT2D eigenvalue weighted by atomic mass is 9.98. The Morgan fingerprint density at radius 2 is 2.19 bits per heavy atom. The van der Waals surface area contributed by atoms with E-state index >= 15 is 0 Å². The highest BCUT2D eigenvalue weighted by atomic mass is 15.1. The third-order valence-electron chi connectivity index (χ3n) is 3.35. The summed E-state index contributed by atoms with van der Waals surface area (Å²) in [7, 11) is 2.04. The Labute approximate surface area is 97.7 Å². The van der Waals surface area contributed by atoms with Gasteiger partial charge in [-0.25, -0.2) is 0 Å². The molecule has 0 aliphatic heterocycles. The molecular formula is C13H21N3. The molecule has 88 valence electrons. The first-order valence-corrected chi connectivity index (χ1v) is 6.25. The fourth-order valence-corrected chi connectivity index (χ4v) is 2.20. The minimum Gasteiger partial charge on any atom is -0.313 e. The number of aromatic nitrogens is 2. The summed E-state index contributed by atoms with van der Waals surface area (Å²) >= 11 is 0. The van der Waals surface area contributed by atoms with E-state index < -0.39 is 0 Å². The van der Waals surface area contributed by atoms with Crippen molar-refractivity contribution in [2.75, 3.05) is 7.05 Å². The third-order valence-corrected chi connectivity index (χ3v) is 3.35. The van der Waals surface area contributed by atoms with Crippen molar-refractivity contribution in [3.63, 3.8) is 0 Å². The van der Waals surface area contributed by atoms with Crippen LogP contribution >= 0.6 is 0 Å². The molecule has 1 aliphatic carbocycles. The average Bonchev–Trinajstić information content (AvgIpc) is 3.09. The highest BCUT2D eigenvalue weighted by molar-refractivity contribution is 5.25. The topological polar surface area (TPSA) is 37.8 Å². The van der Waals surface area contributed by atoms with Gasteiger partial charge in [0, 0.05) is 6.04 Å². The van der Waals surface area contributed by atoms with Crippen LogP contribution < -0.4 is 5.32 Å². The fourth-order valence-electron chi connectivity index (χ4n) is 2.20. The van der Waals surface area contributed by atoms with E-state index in [4.69, 9.17) is 0 Å². The summed E-state index contributed by atoms with van der Waals surface area (Å²) in [5, 5.41) is 11.9. The number of hydrogen-bond acceptors (Lipinski definition) is 3. The fraction of sp³-hybridized carbons (Fsp3) is 0.692. The third kappa shape index (κ3) is 2.59. The van der Waals surface area contributed by atoms with Crippen LogP contribution in [0.25, 0.3) is 0 Å². The van der Waals surface area contributed by atoms with Crippen LogP contribution in [0.4, 0.5) is 0 Å². The van der Waals surface area contributed by atoms with Crippen molar-refractivity contribution in [1.29, 1.82) is 0 Å². The molecule has 1 aliphatic rings. The maximum Gasteiger partial charge on any atom is 0.0676 e. The molecule has 1 N–H and O–H groups in total. The molecule has 1 aromatic heterocycles. The van der Waals surface area contributed by atoms with Crippen LogP contribution in [0.5, 0.6) is 0 Å². The molecule has 0 saturated heterocycles. The van der Waals surface area contributed by atoms with Gasteiger partial charge >= 0.3 is 0 Å². The first kappa shape index (κ1) is 11.5. The molecule has 0 radical (unpaired) electrons. The van der Waals surface area contributed by atoms with Crippen LogP contribution in [0, 0.1) is 12.8 Å². The van der Waals surface area contributed by atoms with E-state index in [9.17, 15) is 0 Å². The predicted molar refractivity (Wildman–Crippen MR) is 65.3 cm³/mol. The normalized spacial score (nSPS) is 17.4. The highest BCUT2D eigenvalue weighted by Gasteiger charge is 2.26. The van der Waals surface area contributed by atoms with Gasteiger partial charge in [-0.15, -0.1) is 0 Å². The van der Waals surface area contributed by atoms with Gasteiger partial charge in [-0.3, -0.25) is 0 Å². The van der Waals surface area contributed by atoms with Crippen LogP contribution in [-0.2, 0) is 6.42 Å². The van der Waals surface area contributed by atoms with E-state index in [1.54, 1.807) is 0 Å². The smallest absolute Gasteiger partial charge is 0.0676 e. The standard InChI is InChI=1S/C13H21N3/c1-4-12-11(7-9(2)15-16-12)13(14-3)8-10-5-6-10/h7,10,13-14H,4-6,8H2,1-3H3. The van der Waals surface area contributed by atoms with Gasteiger partial charge in [-0.2, -0.15) is 10.2 Å². The molecule has 1 atom stereocenters. The molecule has 0 amide bonds. The second-order valence-corrected chi connectivity index (χ2v) is 4.76. The van der Waals surface area contributed by atoms with Crippen LogP contribution in [0.1, 0.15) is 49.2 Å². The minimum atomic E-state index is 0.455. The summed E-state index contributed by atoms with van der Waals surface area (Å²) in [5.74, 6) is 0.927. The quantitative estimate of drug-likeness (QED) is 0.826. The van der Waals surface area contributed by atoms with E-state index in [0.29, 0.717) is 6.04 Å². The molecule has 3 heteroatoms. The van der Waals surface area contributed by atoms with Crippen LogP contribution in [0.15, 0.2) is 6.07 Å². The van der Waals surface area contributed by atoms with Gasteiger partial charge in [-0.1, -0.05) is 19.8 Å². The van der Waals surface area contributed by atoms with Crippen LogP contribution in [0.2, 0.25) is 0 Å². The minimum absolute atomic E-state index is 0.455. The molecule has 0 bridgehead atoms. The van der Waals surface area contributed by atoms with Crippen LogP contribution in [-0.4, -0.2) is 17.2 Å². The zero-order valence-corrected chi connectivity index (χ0v) is 10.5. The lowest BCUT2D eigenvalue weighted by Crippen LogP contribution is -2.19. The summed E-state index contributed by atoms with van der Waals surface area (Å²) in [4.78, 5) is 0. The summed E-state index contributed by atoms with van der Waals surface area (Å²) in [6, 6.07) is 2.65. The van der Waals surface area contributed by atoms with Crippen molar-refractivity contribution in [2.45, 2.75) is 45.6 Å². The maximum absolute atomic E-state index is 4.30. The largest absolute Gasteiger partial charge is 0.313 e. The molecule has 1 unspecified atom stereocenters. The number of nitrogens with one attached hydrogen (secondary N) is 1. The lowest BCUT2D eigenvalue weighted by molar-refractivity contribution is 0.506. The van der Waals surface area contributed by atoms with E-state index in [0.717, 1.165) is 23.7 Å². The monoisotopic (exact) mass is 219 g/mol. The summed E-state index contributed by atoms with van der Waals surface area (Å²) in [5.41, 5.74) is 3.51. The molecule has 16 heavy (non-hydrogen) atoms. The zero-order valence-electron chi connectivity index (χ0n) is 10.5. The predicted octanol–water partition coefficient (Wildman–Crippen LogP) is 2.41. The molecule has 1 aromatic rings. The molecule has 3 nitrogen and oxygen atoms in total. The first-order chi connectivity index (χ1) is 7.74. The first-order valence-electron chi connectivity index (χ1n) is 6.25. The van der Waals surface area contributed by atoms with Gasteiger partial charge in [0.05, 0.1) is 11.4 Å². The van der Waals surface area contributed by atoms with Crippen molar-refractivity contribution in [2.24, 2.45) is 5.92 Å². The molecule has 0 spiro atoms.